The number of hydrogen-bond donors (Lipinski definition) is 2. The van der Waals surface area contributed by atoms with Gasteiger partial charge in [-0.1, -0.05) is 19.8 Å². The minimum atomic E-state index is 0.107. The molecule has 0 unspecified atom stereocenters. The second-order valence-electron chi connectivity index (χ2n) is 4.40. The van der Waals surface area contributed by atoms with E-state index in [1.165, 1.54) is 17.4 Å². The zero-order valence-corrected chi connectivity index (χ0v) is 10.5. The summed E-state index contributed by atoms with van der Waals surface area (Å²) in [6, 6.07) is 6.15. The van der Waals surface area contributed by atoms with Gasteiger partial charge in [0.15, 0.2) is 0 Å². The van der Waals surface area contributed by atoms with E-state index in [1.54, 1.807) is 7.11 Å². The number of aromatic amines is 1. The normalized spacial score (nSPS) is 12.9. The molecule has 2 aromatic rings. The molecule has 3 heteroatoms. The van der Waals surface area contributed by atoms with Crippen molar-refractivity contribution < 1.29 is 4.74 Å². The second-order valence-corrected chi connectivity index (χ2v) is 4.40. The molecule has 17 heavy (non-hydrogen) atoms. The molecule has 3 nitrogen and oxygen atoms in total. The number of aromatic nitrogens is 1. The van der Waals surface area contributed by atoms with Crippen LogP contribution in [0.3, 0.4) is 0 Å². The van der Waals surface area contributed by atoms with Gasteiger partial charge in [0.1, 0.15) is 5.75 Å². The molecule has 2 rings (SSSR count). The Bertz CT molecular complexity index is 490. The van der Waals surface area contributed by atoms with E-state index in [4.69, 9.17) is 10.5 Å². The lowest BCUT2D eigenvalue weighted by Crippen LogP contribution is -2.09. The van der Waals surface area contributed by atoms with Crippen LogP contribution in [0.4, 0.5) is 0 Å². The average molecular weight is 232 g/mol. The molecule has 0 saturated carbocycles. The molecular weight excluding hydrogens is 212 g/mol. The van der Waals surface area contributed by atoms with E-state index in [-0.39, 0.29) is 6.04 Å². The van der Waals surface area contributed by atoms with Crippen LogP contribution in [0.5, 0.6) is 5.75 Å². The van der Waals surface area contributed by atoms with Crippen LogP contribution >= 0.6 is 0 Å². The fourth-order valence-electron chi connectivity index (χ4n) is 2.13. The van der Waals surface area contributed by atoms with Crippen molar-refractivity contribution in [2.45, 2.75) is 32.2 Å². The smallest absolute Gasteiger partial charge is 0.119 e. The van der Waals surface area contributed by atoms with Crippen molar-refractivity contribution in [3.05, 3.63) is 30.0 Å². The zero-order valence-electron chi connectivity index (χ0n) is 10.5. The highest BCUT2D eigenvalue weighted by molar-refractivity contribution is 5.85. The van der Waals surface area contributed by atoms with Crippen molar-refractivity contribution in [1.82, 2.24) is 4.98 Å². The maximum Gasteiger partial charge on any atom is 0.119 e. The Morgan fingerprint density at radius 3 is 2.94 bits per heavy atom. The average Bonchev–Trinajstić information content (AvgIpc) is 2.78. The van der Waals surface area contributed by atoms with Crippen LogP contribution in [-0.4, -0.2) is 12.1 Å². The van der Waals surface area contributed by atoms with Crippen molar-refractivity contribution in [3.8, 4) is 5.75 Å². The van der Waals surface area contributed by atoms with Crippen molar-refractivity contribution >= 4 is 10.9 Å². The van der Waals surface area contributed by atoms with Crippen LogP contribution in [0.25, 0.3) is 10.9 Å². The van der Waals surface area contributed by atoms with Gasteiger partial charge in [-0.15, -0.1) is 0 Å². The van der Waals surface area contributed by atoms with E-state index in [0.29, 0.717) is 0 Å². The highest BCUT2D eigenvalue weighted by atomic mass is 16.5. The molecule has 0 aliphatic heterocycles. The Morgan fingerprint density at radius 2 is 2.24 bits per heavy atom. The predicted molar refractivity (Wildman–Crippen MR) is 71.3 cm³/mol. The zero-order chi connectivity index (χ0) is 12.3. The topological polar surface area (TPSA) is 51.0 Å². The van der Waals surface area contributed by atoms with Crippen molar-refractivity contribution in [2.24, 2.45) is 5.73 Å². The Balaban J connectivity index is 2.33. The van der Waals surface area contributed by atoms with Crippen LogP contribution in [-0.2, 0) is 0 Å². The van der Waals surface area contributed by atoms with E-state index in [9.17, 15) is 0 Å². The molecule has 0 saturated heterocycles. The molecule has 92 valence electrons. The second kappa shape index (κ2) is 5.23. The number of hydrogen-bond acceptors (Lipinski definition) is 2. The lowest BCUT2D eigenvalue weighted by molar-refractivity contribution is 0.415. The summed E-state index contributed by atoms with van der Waals surface area (Å²) in [4.78, 5) is 3.26. The number of H-pyrrole nitrogens is 1. The molecule has 1 aromatic heterocycles. The quantitative estimate of drug-likeness (QED) is 0.830. The maximum atomic E-state index is 6.22. The van der Waals surface area contributed by atoms with Gasteiger partial charge < -0.3 is 15.5 Å². The number of unbranched alkanes of at least 4 members (excludes halogenated alkanes) is 1. The van der Waals surface area contributed by atoms with Gasteiger partial charge in [0.25, 0.3) is 0 Å². The first-order valence-corrected chi connectivity index (χ1v) is 6.17. The minimum absolute atomic E-state index is 0.107. The molecule has 0 bridgehead atoms. The van der Waals surface area contributed by atoms with Crippen LogP contribution in [0.1, 0.15) is 37.8 Å². The summed E-state index contributed by atoms with van der Waals surface area (Å²) >= 11 is 0. The van der Waals surface area contributed by atoms with E-state index >= 15 is 0 Å². The third-order valence-corrected chi connectivity index (χ3v) is 3.19. The number of benzene rings is 1. The van der Waals surface area contributed by atoms with Gasteiger partial charge in [-0.05, 0) is 30.2 Å². The maximum absolute atomic E-state index is 6.22. The molecular formula is C14H20N2O. The SMILES string of the molecule is CCCC[C@@H](N)c1c[nH]c2ccc(OC)cc12. The summed E-state index contributed by atoms with van der Waals surface area (Å²) < 4.78 is 5.25. The molecule has 1 heterocycles. The number of rotatable bonds is 5. The highest BCUT2D eigenvalue weighted by Crippen LogP contribution is 2.28. The first-order valence-electron chi connectivity index (χ1n) is 6.17. The van der Waals surface area contributed by atoms with Gasteiger partial charge >= 0.3 is 0 Å². The molecule has 0 radical (unpaired) electrons. The van der Waals surface area contributed by atoms with Gasteiger partial charge in [-0.2, -0.15) is 0 Å². The Kier molecular flexibility index (Phi) is 3.69. The van der Waals surface area contributed by atoms with E-state index < -0.39 is 0 Å². The monoisotopic (exact) mass is 232 g/mol. The predicted octanol–water partition coefficient (Wildman–Crippen LogP) is 3.37. The van der Waals surface area contributed by atoms with Crippen LogP contribution in [0.2, 0.25) is 0 Å². The van der Waals surface area contributed by atoms with E-state index in [1.807, 2.05) is 24.4 Å². The van der Waals surface area contributed by atoms with Crippen LogP contribution in [0, 0.1) is 0 Å². The first-order chi connectivity index (χ1) is 8.26. The first kappa shape index (κ1) is 12.0. The molecule has 0 fully saturated rings. The number of nitrogens with two attached hydrogens (primary N) is 1. The number of methoxy groups -OCH3 is 1. The standard InChI is InChI=1S/C14H20N2O/c1-3-4-5-13(15)12-9-16-14-7-6-10(17-2)8-11(12)14/h6-9,13,16H,3-5,15H2,1-2H3/t13-/m1/s1. The molecule has 0 amide bonds. The molecule has 0 aliphatic carbocycles. The van der Waals surface area contributed by atoms with Gasteiger partial charge in [0.05, 0.1) is 7.11 Å². The summed E-state index contributed by atoms with van der Waals surface area (Å²) in [6.07, 6.45) is 5.39. The third kappa shape index (κ3) is 2.44. The summed E-state index contributed by atoms with van der Waals surface area (Å²) in [5.74, 6) is 0.876. The summed E-state index contributed by atoms with van der Waals surface area (Å²) in [5, 5.41) is 1.17. The lowest BCUT2D eigenvalue weighted by Gasteiger charge is -2.10. The van der Waals surface area contributed by atoms with Gasteiger partial charge in [-0.3, -0.25) is 0 Å². The Labute approximate surface area is 102 Å². The fourth-order valence-corrected chi connectivity index (χ4v) is 2.13. The number of fused-ring (bicyclic) bond motifs is 1. The lowest BCUT2D eigenvalue weighted by atomic mass is 10.0. The van der Waals surface area contributed by atoms with Gasteiger partial charge in [0.2, 0.25) is 0 Å². The molecule has 0 aliphatic rings. The van der Waals surface area contributed by atoms with Crippen molar-refractivity contribution in [3.63, 3.8) is 0 Å². The minimum Gasteiger partial charge on any atom is -0.497 e. The largest absolute Gasteiger partial charge is 0.497 e. The number of nitrogens with one attached hydrogen (secondary N) is 1. The summed E-state index contributed by atoms with van der Waals surface area (Å²) in [6.45, 7) is 2.19. The van der Waals surface area contributed by atoms with Crippen LogP contribution in [0.15, 0.2) is 24.4 Å². The van der Waals surface area contributed by atoms with E-state index in [0.717, 1.165) is 24.1 Å². The molecule has 0 spiro atoms. The van der Waals surface area contributed by atoms with Gasteiger partial charge in [0, 0.05) is 23.1 Å². The van der Waals surface area contributed by atoms with Gasteiger partial charge in [-0.25, -0.2) is 0 Å². The third-order valence-electron chi connectivity index (χ3n) is 3.19. The van der Waals surface area contributed by atoms with Crippen LogP contribution < -0.4 is 10.5 Å². The fraction of sp³-hybridized carbons (Fsp3) is 0.429. The Morgan fingerprint density at radius 1 is 1.41 bits per heavy atom. The van der Waals surface area contributed by atoms with Crippen molar-refractivity contribution in [1.29, 1.82) is 0 Å². The summed E-state index contributed by atoms with van der Waals surface area (Å²) in [5.41, 5.74) is 8.53. The molecule has 1 aromatic carbocycles. The number of ether oxygens (including phenoxy) is 1. The Hall–Kier alpha value is -1.48. The van der Waals surface area contributed by atoms with E-state index in [2.05, 4.69) is 11.9 Å². The molecule has 1 atom stereocenters. The van der Waals surface area contributed by atoms with Crippen molar-refractivity contribution in [2.75, 3.05) is 7.11 Å². The molecule has 3 N–H and O–H groups in total. The summed E-state index contributed by atoms with van der Waals surface area (Å²) in [7, 11) is 1.69. The highest BCUT2D eigenvalue weighted by Gasteiger charge is 2.11.